The van der Waals surface area contributed by atoms with Crippen LogP contribution in [0.2, 0.25) is 0 Å². The van der Waals surface area contributed by atoms with Crippen LogP contribution < -0.4 is 10.6 Å². The van der Waals surface area contributed by atoms with Gasteiger partial charge in [-0.1, -0.05) is 48.5 Å². The Bertz CT molecular complexity index is 974. The fraction of sp³-hybridized carbons (Fsp3) is 0.375. The van der Waals surface area contributed by atoms with Crippen LogP contribution in [0.5, 0.6) is 0 Å². The van der Waals surface area contributed by atoms with Gasteiger partial charge in [0.15, 0.2) is 6.04 Å². The molecule has 3 rings (SSSR count). The number of nitrogens with one attached hydrogen (secondary N) is 2. The van der Waals surface area contributed by atoms with Crippen molar-refractivity contribution in [2.24, 2.45) is 0 Å². The maximum Gasteiger partial charge on any atom is 0.408 e. The lowest BCUT2D eigenvalue weighted by Gasteiger charge is -2.28. The molecule has 0 fully saturated rings. The van der Waals surface area contributed by atoms with E-state index in [4.69, 9.17) is 9.47 Å². The minimum atomic E-state index is -1.40. The highest BCUT2D eigenvalue weighted by Gasteiger charge is 2.36. The number of amides is 2. The van der Waals surface area contributed by atoms with Gasteiger partial charge in [-0.2, -0.15) is 0 Å². The molecule has 0 heterocycles. The summed E-state index contributed by atoms with van der Waals surface area (Å²) in [5, 5.41) is 14.3. The number of aliphatic carboxylic acids is 1. The molecule has 170 valence electrons. The Morgan fingerprint density at radius 1 is 1.03 bits per heavy atom. The molecule has 3 N–H and O–H groups in total. The van der Waals surface area contributed by atoms with Crippen molar-refractivity contribution >= 4 is 18.0 Å². The van der Waals surface area contributed by atoms with E-state index in [1.165, 1.54) is 27.9 Å². The first-order valence-corrected chi connectivity index (χ1v) is 10.4. The quantitative estimate of drug-likeness (QED) is 0.582. The number of alkyl carbamates (subject to hydrolysis) is 1. The van der Waals surface area contributed by atoms with E-state index in [9.17, 15) is 19.5 Å². The van der Waals surface area contributed by atoms with Crippen LogP contribution >= 0.6 is 0 Å². The second-order valence-corrected chi connectivity index (χ2v) is 8.31. The highest BCUT2D eigenvalue weighted by atomic mass is 16.5. The van der Waals surface area contributed by atoms with Gasteiger partial charge in [-0.15, -0.1) is 0 Å². The fourth-order valence-electron chi connectivity index (χ4n) is 3.78. The standard InChI is InChI=1S/C24H28N2O6/c1-14(31-4)20(21(27)28)25-22(29)24(2,3)26-23(30)32-13-19-17-11-7-5-9-15(17)16-10-6-8-12-18(16)19/h5-12,14,19-20H,13H2,1-4H3,(H,25,29)(H,26,30)(H,27,28). The number of benzene rings is 2. The molecule has 8 nitrogen and oxygen atoms in total. The normalized spacial score (nSPS) is 14.6. The van der Waals surface area contributed by atoms with E-state index in [1.54, 1.807) is 0 Å². The van der Waals surface area contributed by atoms with Crippen molar-refractivity contribution in [3.63, 3.8) is 0 Å². The number of carboxylic acid groups (broad SMARTS) is 1. The number of hydrogen-bond donors (Lipinski definition) is 3. The molecule has 8 heteroatoms. The zero-order chi connectivity index (χ0) is 23.5. The second kappa shape index (κ2) is 9.40. The van der Waals surface area contributed by atoms with Gasteiger partial charge >= 0.3 is 12.1 Å². The summed E-state index contributed by atoms with van der Waals surface area (Å²) in [5.74, 6) is -2.00. The number of rotatable bonds is 8. The first kappa shape index (κ1) is 23.3. The Kier molecular flexibility index (Phi) is 6.84. The van der Waals surface area contributed by atoms with Crippen molar-refractivity contribution in [2.45, 2.75) is 44.4 Å². The summed E-state index contributed by atoms with van der Waals surface area (Å²) in [7, 11) is 1.35. The number of carboxylic acids is 1. The van der Waals surface area contributed by atoms with Crippen LogP contribution in [0.25, 0.3) is 11.1 Å². The third-order valence-corrected chi connectivity index (χ3v) is 5.72. The Labute approximate surface area is 186 Å². The van der Waals surface area contributed by atoms with Crippen LogP contribution in [0, 0.1) is 0 Å². The van der Waals surface area contributed by atoms with Crippen molar-refractivity contribution in [2.75, 3.05) is 13.7 Å². The first-order valence-electron chi connectivity index (χ1n) is 10.4. The summed E-state index contributed by atoms with van der Waals surface area (Å²) in [6, 6.07) is 14.7. The van der Waals surface area contributed by atoms with Crippen molar-refractivity contribution in [1.82, 2.24) is 10.6 Å². The summed E-state index contributed by atoms with van der Waals surface area (Å²) < 4.78 is 10.5. The lowest BCUT2D eigenvalue weighted by atomic mass is 9.98. The molecule has 0 radical (unpaired) electrons. The van der Waals surface area contributed by atoms with E-state index >= 15 is 0 Å². The van der Waals surface area contributed by atoms with Crippen LogP contribution in [0.4, 0.5) is 4.79 Å². The van der Waals surface area contributed by atoms with Gasteiger partial charge in [-0.3, -0.25) is 4.79 Å². The Morgan fingerprint density at radius 2 is 1.56 bits per heavy atom. The minimum absolute atomic E-state index is 0.107. The van der Waals surface area contributed by atoms with Crippen LogP contribution in [-0.4, -0.2) is 54.5 Å². The predicted octanol–water partition coefficient (Wildman–Crippen LogP) is 2.91. The summed E-state index contributed by atoms with van der Waals surface area (Å²) in [4.78, 5) is 36.6. The molecule has 32 heavy (non-hydrogen) atoms. The van der Waals surface area contributed by atoms with Gasteiger partial charge in [0.1, 0.15) is 12.1 Å². The molecule has 2 unspecified atom stereocenters. The Morgan fingerprint density at radius 3 is 2.06 bits per heavy atom. The van der Waals surface area contributed by atoms with Crippen LogP contribution in [-0.2, 0) is 19.1 Å². The third-order valence-electron chi connectivity index (χ3n) is 5.72. The molecule has 2 amide bonds. The number of hydrogen-bond acceptors (Lipinski definition) is 5. The second-order valence-electron chi connectivity index (χ2n) is 8.31. The number of methoxy groups -OCH3 is 1. The Hall–Kier alpha value is -3.39. The lowest BCUT2D eigenvalue weighted by Crippen LogP contribution is -2.60. The molecule has 0 bridgehead atoms. The third kappa shape index (κ3) is 4.75. The molecule has 1 aliphatic carbocycles. The van der Waals surface area contributed by atoms with E-state index in [-0.39, 0.29) is 12.5 Å². The molecule has 0 saturated carbocycles. The van der Waals surface area contributed by atoms with Crippen molar-refractivity contribution in [1.29, 1.82) is 0 Å². The molecule has 0 saturated heterocycles. The number of carbonyl (C=O) groups is 3. The average Bonchev–Trinajstić information content (AvgIpc) is 3.08. The first-order chi connectivity index (χ1) is 15.2. The zero-order valence-corrected chi connectivity index (χ0v) is 18.5. The van der Waals surface area contributed by atoms with E-state index in [1.807, 2.05) is 48.5 Å². The molecule has 2 aromatic carbocycles. The average molecular weight is 440 g/mol. The maximum atomic E-state index is 12.6. The lowest BCUT2D eigenvalue weighted by molar-refractivity contribution is -0.146. The van der Waals surface area contributed by atoms with Crippen LogP contribution in [0.1, 0.15) is 37.8 Å². The predicted molar refractivity (Wildman–Crippen MR) is 118 cm³/mol. The molecule has 0 spiro atoms. The van der Waals surface area contributed by atoms with E-state index in [0.29, 0.717) is 0 Å². The molecule has 0 aromatic heterocycles. The SMILES string of the molecule is COC(C)C(NC(=O)C(C)(C)NC(=O)OCC1c2ccccc2-c2ccccc21)C(=O)O. The smallest absolute Gasteiger partial charge is 0.408 e. The highest BCUT2D eigenvalue weighted by Crippen LogP contribution is 2.44. The summed E-state index contributed by atoms with van der Waals surface area (Å²) in [6.07, 6.45) is -1.51. The summed E-state index contributed by atoms with van der Waals surface area (Å²) >= 11 is 0. The van der Waals surface area contributed by atoms with Gasteiger partial charge in [0.05, 0.1) is 6.10 Å². The van der Waals surface area contributed by atoms with E-state index < -0.39 is 35.7 Å². The van der Waals surface area contributed by atoms with E-state index in [2.05, 4.69) is 10.6 Å². The van der Waals surface area contributed by atoms with Crippen molar-refractivity contribution < 1.29 is 29.0 Å². The van der Waals surface area contributed by atoms with Gasteiger partial charge in [0.2, 0.25) is 5.91 Å². The van der Waals surface area contributed by atoms with Crippen molar-refractivity contribution in [3.8, 4) is 11.1 Å². The zero-order valence-electron chi connectivity index (χ0n) is 18.5. The summed E-state index contributed by atoms with van der Waals surface area (Å²) in [5.41, 5.74) is 2.99. The molecule has 2 atom stereocenters. The number of fused-ring (bicyclic) bond motifs is 3. The maximum absolute atomic E-state index is 12.6. The largest absolute Gasteiger partial charge is 0.480 e. The number of carbonyl (C=O) groups excluding carboxylic acids is 2. The topological polar surface area (TPSA) is 114 Å². The van der Waals surface area contributed by atoms with Gasteiger partial charge in [0, 0.05) is 13.0 Å². The monoisotopic (exact) mass is 440 g/mol. The van der Waals surface area contributed by atoms with Crippen LogP contribution in [0.15, 0.2) is 48.5 Å². The van der Waals surface area contributed by atoms with Gasteiger partial charge in [0.25, 0.3) is 0 Å². The highest BCUT2D eigenvalue weighted by molar-refractivity contribution is 5.92. The molecular weight excluding hydrogens is 412 g/mol. The molecular formula is C24H28N2O6. The number of ether oxygens (including phenoxy) is 2. The fourth-order valence-corrected chi connectivity index (χ4v) is 3.78. The summed E-state index contributed by atoms with van der Waals surface area (Å²) in [6.45, 7) is 4.58. The van der Waals surface area contributed by atoms with Crippen LogP contribution in [0.3, 0.4) is 0 Å². The van der Waals surface area contributed by atoms with E-state index in [0.717, 1.165) is 22.3 Å². The van der Waals surface area contributed by atoms with Crippen molar-refractivity contribution in [3.05, 3.63) is 59.7 Å². The minimum Gasteiger partial charge on any atom is -0.480 e. The van der Waals surface area contributed by atoms with Gasteiger partial charge in [-0.25, -0.2) is 9.59 Å². The van der Waals surface area contributed by atoms with Gasteiger partial charge in [-0.05, 0) is 43.0 Å². The molecule has 1 aliphatic rings. The molecule has 0 aliphatic heterocycles. The molecule has 2 aromatic rings. The van der Waals surface area contributed by atoms with Gasteiger partial charge < -0.3 is 25.2 Å². The Balaban J connectivity index is 1.64.